The second-order valence-corrected chi connectivity index (χ2v) is 4.56. The number of hydrogen-bond acceptors (Lipinski definition) is 3. The van der Waals surface area contributed by atoms with Crippen LogP contribution in [0.5, 0.6) is 5.75 Å². The third-order valence-electron chi connectivity index (χ3n) is 2.11. The summed E-state index contributed by atoms with van der Waals surface area (Å²) in [7, 11) is 0. The molecule has 0 N–H and O–H groups in total. The van der Waals surface area contributed by atoms with Crippen LogP contribution in [-0.4, -0.2) is 9.97 Å². The third-order valence-corrected chi connectivity index (χ3v) is 2.85. The molecule has 0 aliphatic rings. The quantitative estimate of drug-likeness (QED) is 0.810. The highest BCUT2D eigenvalue weighted by Gasteiger charge is 1.98. The van der Waals surface area contributed by atoms with Gasteiger partial charge in [-0.25, -0.2) is 0 Å². The number of rotatable bonds is 4. The average molecular weight is 314 g/mol. The number of pyridine rings is 2. The van der Waals surface area contributed by atoms with Crippen LogP contribution in [0.1, 0.15) is 11.4 Å². The summed E-state index contributed by atoms with van der Waals surface area (Å²) in [6.07, 6.45) is 3.41. The molecule has 2 rings (SSSR count). The summed E-state index contributed by atoms with van der Waals surface area (Å²) in [5.74, 6) is 1.12. The number of ether oxygens (including phenoxy) is 1. The van der Waals surface area contributed by atoms with Gasteiger partial charge in [0.1, 0.15) is 12.4 Å². The molecule has 3 nitrogen and oxygen atoms in total. The molecule has 0 aromatic carbocycles. The molecule has 5 heteroatoms. The van der Waals surface area contributed by atoms with Crippen LogP contribution in [0.3, 0.4) is 0 Å². The molecule has 0 aliphatic carbocycles. The van der Waals surface area contributed by atoms with Crippen molar-refractivity contribution in [3.63, 3.8) is 0 Å². The van der Waals surface area contributed by atoms with Crippen molar-refractivity contribution in [2.75, 3.05) is 0 Å². The van der Waals surface area contributed by atoms with Crippen molar-refractivity contribution in [1.29, 1.82) is 0 Å². The van der Waals surface area contributed by atoms with E-state index < -0.39 is 0 Å². The lowest BCUT2D eigenvalue weighted by Crippen LogP contribution is -1.98. The summed E-state index contributed by atoms with van der Waals surface area (Å²) in [6, 6.07) is 7.53. The molecule has 88 valence electrons. The highest BCUT2D eigenvalue weighted by Crippen LogP contribution is 2.13. The van der Waals surface area contributed by atoms with Crippen LogP contribution in [0.15, 0.2) is 41.1 Å². The van der Waals surface area contributed by atoms with E-state index in [0.29, 0.717) is 18.2 Å². The normalized spacial score (nSPS) is 10.2. The van der Waals surface area contributed by atoms with Crippen molar-refractivity contribution < 1.29 is 4.74 Å². The minimum absolute atomic E-state index is 0.411. The van der Waals surface area contributed by atoms with Gasteiger partial charge in [0.2, 0.25) is 0 Å². The van der Waals surface area contributed by atoms with Crippen molar-refractivity contribution in [3.8, 4) is 5.75 Å². The van der Waals surface area contributed by atoms with Crippen LogP contribution in [0.2, 0.25) is 0 Å². The Kier molecular flexibility index (Phi) is 4.34. The predicted molar refractivity (Wildman–Crippen MR) is 70.1 cm³/mol. The molecule has 17 heavy (non-hydrogen) atoms. The van der Waals surface area contributed by atoms with E-state index in [4.69, 9.17) is 16.3 Å². The van der Waals surface area contributed by atoms with Crippen LogP contribution in [0.4, 0.5) is 0 Å². The maximum Gasteiger partial charge on any atom is 0.138 e. The summed E-state index contributed by atoms with van der Waals surface area (Å²) in [5, 5.41) is 0. The molecule has 2 aromatic heterocycles. The minimum Gasteiger partial charge on any atom is -0.486 e. The fraction of sp³-hybridized carbons (Fsp3) is 0.167. The van der Waals surface area contributed by atoms with Crippen LogP contribution < -0.4 is 4.74 Å². The standard InChI is InChI=1S/C12H10BrClN2O/c13-9-1-2-11(15-6-9)8-17-12-4-3-10(5-14)16-7-12/h1-4,6-7H,5,8H2. The molecule has 0 unspecified atom stereocenters. The predicted octanol–water partition coefficient (Wildman–Crippen LogP) is 3.56. The Labute approximate surface area is 113 Å². The van der Waals surface area contributed by atoms with E-state index in [1.54, 1.807) is 12.4 Å². The first-order chi connectivity index (χ1) is 8.28. The second kappa shape index (κ2) is 5.98. The van der Waals surface area contributed by atoms with Gasteiger partial charge in [0.05, 0.1) is 23.5 Å². The van der Waals surface area contributed by atoms with Gasteiger partial charge in [-0.15, -0.1) is 11.6 Å². The number of alkyl halides is 1. The number of hydrogen-bond donors (Lipinski definition) is 0. The first-order valence-electron chi connectivity index (χ1n) is 5.02. The van der Waals surface area contributed by atoms with E-state index in [2.05, 4.69) is 25.9 Å². The summed E-state index contributed by atoms with van der Waals surface area (Å²) < 4.78 is 6.50. The van der Waals surface area contributed by atoms with E-state index in [0.717, 1.165) is 15.9 Å². The van der Waals surface area contributed by atoms with Crippen molar-refractivity contribution in [2.24, 2.45) is 0 Å². The lowest BCUT2D eigenvalue weighted by atomic mass is 10.3. The maximum absolute atomic E-state index is 5.65. The Morgan fingerprint density at radius 2 is 1.82 bits per heavy atom. The lowest BCUT2D eigenvalue weighted by molar-refractivity contribution is 0.300. The molecule has 0 bridgehead atoms. The van der Waals surface area contributed by atoms with Crippen LogP contribution in [0.25, 0.3) is 0 Å². The molecular formula is C12H10BrClN2O. The Morgan fingerprint density at radius 1 is 1.06 bits per heavy atom. The molecule has 0 aliphatic heterocycles. The molecule has 0 atom stereocenters. The first-order valence-corrected chi connectivity index (χ1v) is 6.35. The van der Waals surface area contributed by atoms with E-state index in [1.165, 1.54) is 0 Å². The van der Waals surface area contributed by atoms with Crippen LogP contribution in [-0.2, 0) is 12.5 Å². The molecule has 2 aromatic rings. The maximum atomic E-state index is 5.65. The van der Waals surface area contributed by atoms with Crippen LogP contribution in [0, 0.1) is 0 Å². The smallest absolute Gasteiger partial charge is 0.138 e. The number of aromatic nitrogens is 2. The molecule has 2 heterocycles. The van der Waals surface area contributed by atoms with Crippen molar-refractivity contribution in [2.45, 2.75) is 12.5 Å². The van der Waals surface area contributed by atoms with E-state index >= 15 is 0 Å². The SMILES string of the molecule is ClCc1ccc(OCc2ccc(Br)cn2)cn1. The summed E-state index contributed by atoms with van der Waals surface area (Å²) in [5.41, 5.74) is 1.70. The zero-order valence-electron chi connectivity index (χ0n) is 8.94. The number of nitrogens with zero attached hydrogens (tertiary/aromatic N) is 2. The lowest BCUT2D eigenvalue weighted by Gasteiger charge is -2.05. The van der Waals surface area contributed by atoms with Gasteiger partial charge in [0, 0.05) is 10.7 Å². The Morgan fingerprint density at radius 3 is 2.41 bits per heavy atom. The fourth-order valence-electron chi connectivity index (χ4n) is 1.22. The van der Waals surface area contributed by atoms with E-state index in [-0.39, 0.29) is 0 Å². The van der Waals surface area contributed by atoms with Gasteiger partial charge in [0.25, 0.3) is 0 Å². The van der Waals surface area contributed by atoms with Gasteiger partial charge in [-0.3, -0.25) is 9.97 Å². The topological polar surface area (TPSA) is 35.0 Å². The Balaban J connectivity index is 1.95. The van der Waals surface area contributed by atoms with E-state index in [9.17, 15) is 0 Å². The fourth-order valence-corrected chi connectivity index (χ4v) is 1.62. The zero-order chi connectivity index (χ0) is 12.1. The van der Waals surface area contributed by atoms with Gasteiger partial charge in [-0.05, 0) is 40.2 Å². The van der Waals surface area contributed by atoms with Gasteiger partial charge in [0.15, 0.2) is 0 Å². The van der Waals surface area contributed by atoms with Gasteiger partial charge in [-0.2, -0.15) is 0 Å². The third kappa shape index (κ3) is 3.68. The van der Waals surface area contributed by atoms with Crippen molar-refractivity contribution in [3.05, 3.63) is 52.5 Å². The minimum atomic E-state index is 0.411. The van der Waals surface area contributed by atoms with Crippen molar-refractivity contribution >= 4 is 27.5 Å². The van der Waals surface area contributed by atoms with Crippen LogP contribution >= 0.6 is 27.5 Å². The zero-order valence-corrected chi connectivity index (χ0v) is 11.3. The van der Waals surface area contributed by atoms with Gasteiger partial charge < -0.3 is 4.74 Å². The molecule has 0 saturated carbocycles. The molecule has 0 saturated heterocycles. The summed E-state index contributed by atoms with van der Waals surface area (Å²) in [6.45, 7) is 0.426. The van der Waals surface area contributed by atoms with Crippen molar-refractivity contribution in [1.82, 2.24) is 9.97 Å². The largest absolute Gasteiger partial charge is 0.486 e. The first kappa shape index (κ1) is 12.3. The molecule has 0 amide bonds. The summed E-state index contributed by atoms with van der Waals surface area (Å²) >= 11 is 8.98. The Hall–Kier alpha value is -1.13. The average Bonchev–Trinajstić information content (AvgIpc) is 2.39. The van der Waals surface area contributed by atoms with E-state index in [1.807, 2.05) is 24.3 Å². The second-order valence-electron chi connectivity index (χ2n) is 3.38. The summed E-state index contributed by atoms with van der Waals surface area (Å²) in [4.78, 5) is 8.35. The highest BCUT2D eigenvalue weighted by atomic mass is 79.9. The Bertz CT molecular complexity index is 473. The monoisotopic (exact) mass is 312 g/mol. The number of halogens is 2. The van der Waals surface area contributed by atoms with Gasteiger partial charge >= 0.3 is 0 Å². The molecule has 0 fully saturated rings. The molecule has 0 radical (unpaired) electrons. The molecular weight excluding hydrogens is 304 g/mol. The molecule has 0 spiro atoms. The van der Waals surface area contributed by atoms with Gasteiger partial charge in [-0.1, -0.05) is 0 Å². The highest BCUT2D eigenvalue weighted by molar-refractivity contribution is 9.10.